The molecule has 33 heavy (non-hydrogen) atoms. The van der Waals surface area contributed by atoms with E-state index in [2.05, 4.69) is 15.4 Å². The molecule has 0 bridgehead atoms. The topological polar surface area (TPSA) is 98.9 Å². The molecule has 8 nitrogen and oxygen atoms in total. The Labute approximate surface area is 188 Å². The quantitative estimate of drug-likeness (QED) is 0.491. The third-order valence-corrected chi connectivity index (χ3v) is 4.99. The van der Waals surface area contributed by atoms with Crippen LogP contribution in [0.3, 0.4) is 0 Å². The van der Waals surface area contributed by atoms with E-state index in [0.29, 0.717) is 11.3 Å². The Kier molecular flexibility index (Phi) is 6.21. The molecule has 0 fully saturated rings. The first-order chi connectivity index (χ1) is 15.9. The van der Waals surface area contributed by atoms with E-state index in [9.17, 15) is 18.8 Å². The lowest BCUT2D eigenvalue weighted by atomic mass is 10.2. The maximum absolute atomic E-state index is 13.7. The van der Waals surface area contributed by atoms with Gasteiger partial charge >= 0.3 is 5.69 Å². The van der Waals surface area contributed by atoms with Gasteiger partial charge in [-0.3, -0.25) is 19.1 Å². The summed E-state index contributed by atoms with van der Waals surface area (Å²) in [5.74, 6) is -1.23. The van der Waals surface area contributed by atoms with E-state index in [-0.39, 0.29) is 13.1 Å². The predicted molar refractivity (Wildman–Crippen MR) is 120 cm³/mol. The van der Waals surface area contributed by atoms with Crippen molar-refractivity contribution in [2.75, 3.05) is 0 Å². The summed E-state index contributed by atoms with van der Waals surface area (Å²) in [6, 6.07) is 15.9. The third kappa shape index (κ3) is 4.93. The van der Waals surface area contributed by atoms with Gasteiger partial charge in [0.2, 0.25) is 5.69 Å². The second-order valence-corrected chi connectivity index (χ2v) is 7.44. The second kappa shape index (κ2) is 9.39. The van der Waals surface area contributed by atoms with Crippen LogP contribution in [0.15, 0.2) is 82.6 Å². The number of nitrogens with zero attached hydrogens (tertiary/aromatic N) is 4. The molecule has 4 aromatic rings. The van der Waals surface area contributed by atoms with Crippen molar-refractivity contribution in [1.82, 2.24) is 24.6 Å². The van der Waals surface area contributed by atoms with Crippen LogP contribution >= 0.6 is 0 Å². The van der Waals surface area contributed by atoms with Crippen LogP contribution in [0.5, 0.6) is 0 Å². The van der Waals surface area contributed by atoms with Gasteiger partial charge in [0.05, 0.1) is 12.2 Å². The van der Waals surface area contributed by atoms with Crippen molar-refractivity contribution < 1.29 is 9.18 Å². The van der Waals surface area contributed by atoms with Gasteiger partial charge in [0.25, 0.3) is 11.5 Å². The van der Waals surface area contributed by atoms with Gasteiger partial charge in [0, 0.05) is 18.9 Å². The maximum atomic E-state index is 13.7. The van der Waals surface area contributed by atoms with Gasteiger partial charge in [-0.1, -0.05) is 29.8 Å². The number of aromatic nitrogens is 4. The zero-order chi connectivity index (χ0) is 23.4. The molecule has 0 aliphatic carbocycles. The van der Waals surface area contributed by atoms with Gasteiger partial charge in [-0.05, 0) is 54.4 Å². The summed E-state index contributed by atoms with van der Waals surface area (Å²) in [4.78, 5) is 43.0. The zero-order valence-electron chi connectivity index (χ0n) is 17.7. The van der Waals surface area contributed by atoms with Gasteiger partial charge in [-0.25, -0.2) is 9.18 Å². The number of nitrogens with one attached hydrogen (secondary N) is 1. The number of benzene rings is 2. The van der Waals surface area contributed by atoms with E-state index in [4.69, 9.17) is 0 Å². The van der Waals surface area contributed by atoms with Crippen molar-refractivity contribution in [1.29, 1.82) is 0 Å². The second-order valence-electron chi connectivity index (χ2n) is 7.44. The number of pyridine rings is 1. The molecule has 0 radical (unpaired) electrons. The number of carbonyl (C=O) groups excluding carboxylic acids is 1. The monoisotopic (exact) mass is 445 g/mol. The summed E-state index contributed by atoms with van der Waals surface area (Å²) < 4.78 is 15.5. The smallest absolute Gasteiger partial charge is 0.346 e. The summed E-state index contributed by atoms with van der Waals surface area (Å²) in [6.07, 6.45) is 3.17. The molecule has 0 saturated heterocycles. The Bertz CT molecular complexity index is 1410. The summed E-state index contributed by atoms with van der Waals surface area (Å²) in [6.45, 7) is 1.83. The van der Waals surface area contributed by atoms with Gasteiger partial charge in [0.1, 0.15) is 5.82 Å². The van der Waals surface area contributed by atoms with Crippen molar-refractivity contribution in [2.24, 2.45) is 0 Å². The fourth-order valence-corrected chi connectivity index (χ4v) is 3.24. The van der Waals surface area contributed by atoms with Crippen LogP contribution in [0.1, 0.15) is 27.2 Å². The normalized spacial score (nSPS) is 10.7. The Morgan fingerprint density at radius 3 is 2.42 bits per heavy atom. The number of amides is 1. The third-order valence-electron chi connectivity index (χ3n) is 4.99. The largest absolute Gasteiger partial charge is 0.352 e. The minimum Gasteiger partial charge on any atom is -0.346 e. The van der Waals surface area contributed by atoms with Gasteiger partial charge in [-0.2, -0.15) is 9.78 Å². The molecule has 1 amide bonds. The fourth-order valence-electron chi connectivity index (χ4n) is 3.24. The van der Waals surface area contributed by atoms with Crippen molar-refractivity contribution in [3.63, 3.8) is 0 Å². The molecule has 166 valence electrons. The fraction of sp³-hybridized carbons (Fsp3) is 0.125. The predicted octanol–water partition coefficient (Wildman–Crippen LogP) is 2.22. The molecule has 0 aliphatic heterocycles. The van der Waals surface area contributed by atoms with E-state index in [0.717, 1.165) is 20.4 Å². The van der Waals surface area contributed by atoms with E-state index in [1.807, 2.05) is 6.92 Å². The average molecular weight is 445 g/mol. The minimum atomic E-state index is -0.861. The molecule has 0 aliphatic rings. The molecular weight excluding hydrogens is 425 g/mol. The molecule has 2 aromatic carbocycles. The molecule has 0 unspecified atom stereocenters. The van der Waals surface area contributed by atoms with Crippen LogP contribution in [0.4, 0.5) is 4.39 Å². The van der Waals surface area contributed by atoms with Crippen LogP contribution in [0, 0.1) is 12.7 Å². The van der Waals surface area contributed by atoms with E-state index in [1.165, 1.54) is 18.2 Å². The number of halogens is 1. The first kappa shape index (κ1) is 21.8. The zero-order valence-corrected chi connectivity index (χ0v) is 17.7. The van der Waals surface area contributed by atoms with Crippen molar-refractivity contribution in [2.45, 2.75) is 20.0 Å². The summed E-state index contributed by atoms with van der Waals surface area (Å²) in [5.41, 5.74) is 0.501. The molecule has 4 rings (SSSR count). The van der Waals surface area contributed by atoms with Gasteiger partial charge in [0.15, 0.2) is 0 Å². The Morgan fingerprint density at radius 2 is 1.73 bits per heavy atom. The Morgan fingerprint density at radius 1 is 1.00 bits per heavy atom. The van der Waals surface area contributed by atoms with E-state index in [1.54, 1.807) is 54.9 Å². The number of aryl methyl sites for hydroxylation is 1. The highest BCUT2D eigenvalue weighted by atomic mass is 19.1. The van der Waals surface area contributed by atoms with Crippen LogP contribution in [-0.2, 0) is 13.1 Å². The van der Waals surface area contributed by atoms with Crippen molar-refractivity contribution in [3.8, 4) is 5.69 Å². The van der Waals surface area contributed by atoms with Crippen molar-refractivity contribution >= 4 is 5.91 Å². The lowest BCUT2D eigenvalue weighted by Crippen LogP contribution is -2.46. The highest BCUT2D eigenvalue weighted by Gasteiger charge is 2.20. The van der Waals surface area contributed by atoms with Gasteiger partial charge in [-0.15, -0.1) is 0 Å². The van der Waals surface area contributed by atoms with Crippen LogP contribution in [0.25, 0.3) is 5.69 Å². The van der Waals surface area contributed by atoms with E-state index < -0.39 is 28.7 Å². The lowest BCUT2D eigenvalue weighted by molar-refractivity contribution is 0.0941. The highest BCUT2D eigenvalue weighted by molar-refractivity contribution is 5.91. The molecule has 1 N–H and O–H groups in total. The van der Waals surface area contributed by atoms with Gasteiger partial charge < -0.3 is 5.32 Å². The minimum absolute atomic E-state index is 0.149. The summed E-state index contributed by atoms with van der Waals surface area (Å²) in [5, 5.41) is 6.72. The number of hydrogen-bond donors (Lipinski definition) is 1. The van der Waals surface area contributed by atoms with Crippen LogP contribution in [-0.4, -0.2) is 25.2 Å². The molecule has 0 spiro atoms. The van der Waals surface area contributed by atoms with Crippen LogP contribution < -0.4 is 16.6 Å². The molecule has 0 saturated carbocycles. The standard InChI is InChI=1S/C24H20FN5O3/c1-16-5-7-20(8-6-16)30-24(33)29(15-18-3-2-4-19(25)13-18)23(32)21(28-30)22(31)27-14-17-9-11-26-12-10-17/h2-13H,14-15H2,1H3,(H,27,31). The summed E-state index contributed by atoms with van der Waals surface area (Å²) in [7, 11) is 0. The number of carbonyl (C=O) groups is 1. The molecule has 9 heteroatoms. The first-order valence-corrected chi connectivity index (χ1v) is 10.1. The number of hydrogen-bond acceptors (Lipinski definition) is 5. The van der Waals surface area contributed by atoms with Crippen molar-refractivity contribution in [3.05, 3.63) is 122 Å². The maximum Gasteiger partial charge on any atom is 0.352 e. The van der Waals surface area contributed by atoms with Crippen LogP contribution in [0.2, 0.25) is 0 Å². The molecule has 2 heterocycles. The number of rotatable bonds is 6. The SMILES string of the molecule is Cc1ccc(-n2nc(C(=O)NCc3ccncc3)c(=O)n(Cc3cccc(F)c3)c2=O)cc1. The highest BCUT2D eigenvalue weighted by Crippen LogP contribution is 2.07. The molecular formula is C24H20FN5O3. The molecule has 0 atom stereocenters. The Balaban J connectivity index is 1.78. The van der Waals surface area contributed by atoms with E-state index >= 15 is 0 Å². The first-order valence-electron chi connectivity index (χ1n) is 10.1. The average Bonchev–Trinajstić information content (AvgIpc) is 2.82. The lowest BCUT2D eigenvalue weighted by Gasteiger charge is -2.13. The summed E-state index contributed by atoms with van der Waals surface area (Å²) >= 11 is 0. The molecule has 2 aromatic heterocycles. The Hall–Kier alpha value is -4.40.